The van der Waals surface area contributed by atoms with E-state index < -0.39 is 0 Å². The molecular weight excluding hydrogens is 747 g/mol. The Morgan fingerprint density at radius 1 is 0.283 bits per heavy atom. The Balaban J connectivity index is 0.938. The third kappa shape index (κ3) is 6.69. The monoisotopic (exact) mass is 783 g/mol. The molecule has 0 aliphatic carbocycles. The van der Waals surface area contributed by atoms with Crippen molar-refractivity contribution in [1.82, 2.24) is 9.97 Å². The molecule has 2 heterocycles. The summed E-state index contributed by atoms with van der Waals surface area (Å²) in [6, 6.07) is 79.8. The molecule has 0 saturated heterocycles. The predicted octanol–water partition coefficient (Wildman–Crippen LogP) is 15.8. The lowest BCUT2D eigenvalue weighted by Gasteiger charge is -2.26. The van der Waals surface area contributed by atoms with E-state index in [1.165, 1.54) is 48.0 Å². The largest absolute Gasteiger partial charge is 0.311 e. The van der Waals surface area contributed by atoms with Crippen LogP contribution in [0.2, 0.25) is 0 Å². The Kier molecular flexibility index (Phi) is 9.03. The van der Waals surface area contributed by atoms with E-state index in [1.807, 2.05) is 35.6 Å². The molecule has 0 atom stereocenters. The SMILES string of the molecule is c1ccc(-c2ccc(N(c3ccccc3)c3ccc(-c4ccc5sc6cc(-c7nc8ccccc8nc7-c7cccc(-c8ccccc8)c7)ccc6c5c4)cc3)cc2)cc1. The smallest absolute Gasteiger partial charge is 0.0973 e. The van der Waals surface area contributed by atoms with Crippen molar-refractivity contribution >= 4 is 59.6 Å². The number of anilines is 3. The van der Waals surface area contributed by atoms with Crippen LogP contribution in [0, 0.1) is 0 Å². The van der Waals surface area contributed by atoms with Crippen molar-refractivity contribution in [3.8, 4) is 55.9 Å². The van der Waals surface area contributed by atoms with Crippen LogP contribution in [-0.2, 0) is 0 Å². The van der Waals surface area contributed by atoms with Crippen LogP contribution in [0.4, 0.5) is 17.1 Å². The summed E-state index contributed by atoms with van der Waals surface area (Å²) in [6.45, 7) is 0. The van der Waals surface area contributed by atoms with Gasteiger partial charge >= 0.3 is 0 Å². The van der Waals surface area contributed by atoms with Gasteiger partial charge in [0.15, 0.2) is 0 Å². The van der Waals surface area contributed by atoms with Crippen molar-refractivity contribution < 1.29 is 0 Å². The van der Waals surface area contributed by atoms with Gasteiger partial charge in [-0.15, -0.1) is 11.3 Å². The lowest BCUT2D eigenvalue weighted by molar-refractivity contribution is 1.28. The maximum atomic E-state index is 5.25. The molecule has 2 aromatic heterocycles. The molecule has 0 aliphatic rings. The minimum absolute atomic E-state index is 0.882. The van der Waals surface area contributed by atoms with Gasteiger partial charge < -0.3 is 4.90 Å². The summed E-state index contributed by atoms with van der Waals surface area (Å²) < 4.78 is 2.49. The van der Waals surface area contributed by atoms with Gasteiger partial charge in [0.1, 0.15) is 0 Å². The fourth-order valence-electron chi connectivity index (χ4n) is 8.24. The summed E-state index contributed by atoms with van der Waals surface area (Å²) in [5.41, 5.74) is 16.1. The molecule has 0 amide bonds. The Morgan fingerprint density at radius 3 is 1.35 bits per heavy atom. The normalized spacial score (nSPS) is 11.3. The van der Waals surface area contributed by atoms with Gasteiger partial charge in [-0.05, 0) is 106 Å². The molecule has 0 aliphatic heterocycles. The fourth-order valence-corrected chi connectivity index (χ4v) is 9.37. The molecule has 0 unspecified atom stereocenters. The van der Waals surface area contributed by atoms with Gasteiger partial charge in [-0.1, -0.05) is 152 Å². The summed E-state index contributed by atoms with van der Waals surface area (Å²) in [5.74, 6) is 0. The molecule has 11 aromatic rings. The van der Waals surface area contributed by atoms with Gasteiger partial charge in [0.25, 0.3) is 0 Å². The van der Waals surface area contributed by atoms with Gasteiger partial charge in [0.2, 0.25) is 0 Å². The van der Waals surface area contributed by atoms with E-state index in [2.05, 4.69) is 205 Å². The molecule has 0 spiro atoms. The summed E-state index contributed by atoms with van der Waals surface area (Å²) in [7, 11) is 0. The Hall–Kier alpha value is -7.66. The number of hydrogen-bond donors (Lipinski definition) is 0. The molecule has 0 saturated carbocycles. The van der Waals surface area contributed by atoms with Crippen LogP contribution >= 0.6 is 11.3 Å². The van der Waals surface area contributed by atoms with E-state index in [0.717, 1.165) is 56.2 Å². The molecular formula is C56H37N3S. The van der Waals surface area contributed by atoms with Crippen molar-refractivity contribution in [3.05, 3.63) is 224 Å². The first-order valence-electron chi connectivity index (χ1n) is 20.2. The first-order chi connectivity index (χ1) is 29.7. The van der Waals surface area contributed by atoms with E-state index in [-0.39, 0.29) is 0 Å². The molecule has 9 aromatic carbocycles. The first kappa shape index (κ1) is 35.5. The molecule has 0 radical (unpaired) electrons. The van der Waals surface area contributed by atoms with Gasteiger partial charge in [0.05, 0.1) is 22.4 Å². The highest BCUT2D eigenvalue weighted by Gasteiger charge is 2.17. The van der Waals surface area contributed by atoms with Crippen molar-refractivity contribution in [3.63, 3.8) is 0 Å². The van der Waals surface area contributed by atoms with Gasteiger partial charge in [-0.25, -0.2) is 9.97 Å². The highest BCUT2D eigenvalue weighted by Crippen LogP contribution is 2.42. The van der Waals surface area contributed by atoms with Gasteiger partial charge in [-0.3, -0.25) is 0 Å². The summed E-state index contributed by atoms with van der Waals surface area (Å²) >= 11 is 1.83. The van der Waals surface area contributed by atoms with Crippen LogP contribution in [0.5, 0.6) is 0 Å². The average Bonchev–Trinajstić information content (AvgIpc) is 3.70. The molecule has 11 rings (SSSR count). The van der Waals surface area contributed by atoms with Crippen molar-refractivity contribution in [1.29, 1.82) is 0 Å². The molecule has 60 heavy (non-hydrogen) atoms. The topological polar surface area (TPSA) is 29.0 Å². The first-order valence-corrected chi connectivity index (χ1v) is 21.0. The average molecular weight is 784 g/mol. The van der Waals surface area contributed by atoms with Gasteiger partial charge in [-0.2, -0.15) is 0 Å². The van der Waals surface area contributed by atoms with Crippen molar-refractivity contribution in [2.75, 3.05) is 4.90 Å². The van der Waals surface area contributed by atoms with Crippen molar-refractivity contribution in [2.24, 2.45) is 0 Å². The van der Waals surface area contributed by atoms with E-state index >= 15 is 0 Å². The highest BCUT2D eigenvalue weighted by molar-refractivity contribution is 7.25. The third-order valence-corrected chi connectivity index (χ3v) is 12.4. The zero-order chi connectivity index (χ0) is 39.8. The number of thiophene rings is 1. The second kappa shape index (κ2) is 15.3. The van der Waals surface area contributed by atoms with E-state index in [4.69, 9.17) is 9.97 Å². The maximum absolute atomic E-state index is 5.25. The van der Waals surface area contributed by atoms with Crippen LogP contribution in [0.25, 0.3) is 87.1 Å². The van der Waals surface area contributed by atoms with Crippen LogP contribution in [0.1, 0.15) is 0 Å². The maximum Gasteiger partial charge on any atom is 0.0973 e. The van der Waals surface area contributed by atoms with E-state index in [9.17, 15) is 0 Å². The van der Waals surface area contributed by atoms with Crippen LogP contribution in [0.3, 0.4) is 0 Å². The summed E-state index contributed by atoms with van der Waals surface area (Å²) in [5, 5.41) is 2.50. The lowest BCUT2D eigenvalue weighted by Crippen LogP contribution is -2.09. The lowest BCUT2D eigenvalue weighted by atomic mass is 9.98. The number of para-hydroxylation sites is 3. The number of rotatable bonds is 8. The zero-order valence-electron chi connectivity index (χ0n) is 32.6. The highest BCUT2D eigenvalue weighted by atomic mass is 32.1. The number of fused-ring (bicyclic) bond motifs is 4. The van der Waals surface area contributed by atoms with Crippen LogP contribution in [0.15, 0.2) is 224 Å². The molecule has 0 N–H and O–H groups in total. The second-order valence-corrected chi connectivity index (χ2v) is 16.1. The van der Waals surface area contributed by atoms with E-state index in [1.54, 1.807) is 0 Å². The molecule has 3 nitrogen and oxygen atoms in total. The third-order valence-electron chi connectivity index (χ3n) is 11.3. The molecule has 282 valence electrons. The quantitative estimate of drug-likeness (QED) is 0.154. The van der Waals surface area contributed by atoms with Crippen LogP contribution < -0.4 is 4.90 Å². The molecule has 4 heteroatoms. The zero-order valence-corrected chi connectivity index (χ0v) is 33.4. The van der Waals surface area contributed by atoms with Crippen molar-refractivity contribution in [2.45, 2.75) is 0 Å². The van der Waals surface area contributed by atoms with E-state index in [0.29, 0.717) is 0 Å². The number of hydrogen-bond acceptors (Lipinski definition) is 4. The number of aromatic nitrogens is 2. The number of nitrogens with zero attached hydrogens (tertiary/aromatic N) is 3. The fraction of sp³-hybridized carbons (Fsp3) is 0. The standard InChI is InChI=1S/C56H37N3S/c1-4-13-38(14-5-1)40-23-29-47(30-24-40)59(46-19-8-3-9-20-46)48-31-25-41(26-32-48)43-28-34-53-50(36-43)49-33-27-45(37-54(49)60-53)56-55(57-51-21-10-11-22-52(51)58-56)44-18-12-17-42(35-44)39-15-6-2-7-16-39/h1-37H. The summed E-state index contributed by atoms with van der Waals surface area (Å²) in [4.78, 5) is 12.8. The Morgan fingerprint density at radius 2 is 0.717 bits per heavy atom. The summed E-state index contributed by atoms with van der Waals surface area (Å²) in [6.07, 6.45) is 0. The molecule has 0 bridgehead atoms. The minimum Gasteiger partial charge on any atom is -0.311 e. The van der Waals surface area contributed by atoms with Crippen LogP contribution in [-0.4, -0.2) is 9.97 Å². The van der Waals surface area contributed by atoms with Gasteiger partial charge in [0, 0.05) is 48.4 Å². The minimum atomic E-state index is 0.882. The molecule has 0 fully saturated rings. The predicted molar refractivity (Wildman–Crippen MR) is 254 cm³/mol. The number of benzene rings is 9. The Labute approximate surface area is 353 Å². The second-order valence-electron chi connectivity index (χ2n) is 15.0. The Bertz CT molecular complexity index is 3290.